The van der Waals surface area contributed by atoms with Gasteiger partial charge in [0.1, 0.15) is 0 Å². The molecule has 1 rings (SSSR count). The molecule has 1 unspecified atom stereocenters. The van der Waals surface area contributed by atoms with Crippen molar-refractivity contribution in [2.75, 3.05) is 32.7 Å². The largest absolute Gasteiger partial charge is 0.341 e. The van der Waals surface area contributed by atoms with Gasteiger partial charge in [0.15, 0.2) is 0 Å². The molecule has 1 heterocycles. The predicted molar refractivity (Wildman–Crippen MR) is 84.6 cm³/mol. The topological polar surface area (TPSA) is 49.6 Å². The van der Waals surface area contributed by atoms with Gasteiger partial charge in [-0.2, -0.15) is 0 Å². The van der Waals surface area contributed by atoms with E-state index >= 15 is 0 Å². The molecular weight excluding hydrogens is 250 g/mol. The van der Waals surface area contributed by atoms with Crippen LogP contribution in [0.3, 0.4) is 0 Å². The second-order valence-corrected chi connectivity index (χ2v) is 6.56. The first-order chi connectivity index (χ1) is 9.46. The van der Waals surface area contributed by atoms with Gasteiger partial charge in [0, 0.05) is 37.6 Å². The van der Waals surface area contributed by atoms with E-state index in [1.54, 1.807) is 0 Å². The highest BCUT2D eigenvalue weighted by atomic mass is 16.2. The lowest BCUT2D eigenvalue weighted by molar-refractivity contribution is -0.140. The quantitative estimate of drug-likeness (QED) is 0.812. The number of nitrogens with zero attached hydrogens (tertiary/aromatic N) is 2. The summed E-state index contributed by atoms with van der Waals surface area (Å²) in [5, 5.41) is 0. The molecule has 0 spiro atoms. The summed E-state index contributed by atoms with van der Waals surface area (Å²) in [6.07, 6.45) is 4.18. The molecule has 20 heavy (non-hydrogen) atoms. The van der Waals surface area contributed by atoms with Gasteiger partial charge in [-0.25, -0.2) is 0 Å². The second-order valence-electron chi connectivity index (χ2n) is 6.56. The van der Waals surface area contributed by atoms with Gasteiger partial charge in [-0.3, -0.25) is 9.69 Å². The van der Waals surface area contributed by atoms with Crippen LogP contribution in [0, 0.1) is 5.41 Å². The van der Waals surface area contributed by atoms with E-state index in [-0.39, 0.29) is 5.41 Å². The molecule has 1 atom stereocenters. The fraction of sp³-hybridized carbons (Fsp3) is 0.938. The van der Waals surface area contributed by atoms with Crippen molar-refractivity contribution >= 4 is 5.91 Å². The third-order valence-corrected chi connectivity index (χ3v) is 4.77. The maximum atomic E-state index is 12.6. The monoisotopic (exact) mass is 283 g/mol. The molecule has 0 bridgehead atoms. The first-order valence-corrected chi connectivity index (χ1v) is 8.19. The molecule has 4 heteroatoms. The van der Waals surface area contributed by atoms with Gasteiger partial charge < -0.3 is 10.6 Å². The van der Waals surface area contributed by atoms with Crippen LogP contribution in [0.15, 0.2) is 0 Å². The summed E-state index contributed by atoms with van der Waals surface area (Å²) in [5.74, 6) is 0.314. The van der Waals surface area contributed by atoms with Crippen LogP contribution < -0.4 is 5.73 Å². The zero-order valence-corrected chi connectivity index (χ0v) is 13.8. The smallest absolute Gasteiger partial charge is 0.228 e. The summed E-state index contributed by atoms with van der Waals surface area (Å²) in [4.78, 5) is 17.2. The zero-order chi connectivity index (χ0) is 15.2. The number of carbonyl (C=O) groups is 1. The van der Waals surface area contributed by atoms with Gasteiger partial charge in [0.05, 0.1) is 0 Å². The maximum Gasteiger partial charge on any atom is 0.228 e. The van der Waals surface area contributed by atoms with E-state index in [1.807, 2.05) is 0 Å². The van der Waals surface area contributed by atoms with Crippen LogP contribution in [-0.4, -0.2) is 54.5 Å². The van der Waals surface area contributed by atoms with E-state index in [4.69, 9.17) is 5.73 Å². The first-order valence-electron chi connectivity index (χ1n) is 8.19. The third-order valence-electron chi connectivity index (χ3n) is 4.77. The maximum absolute atomic E-state index is 12.6. The highest BCUT2D eigenvalue weighted by molar-refractivity contribution is 5.81. The van der Waals surface area contributed by atoms with Gasteiger partial charge in [0.25, 0.3) is 0 Å². The molecule has 1 aliphatic heterocycles. The van der Waals surface area contributed by atoms with Gasteiger partial charge >= 0.3 is 0 Å². The number of hydrogen-bond acceptors (Lipinski definition) is 3. The fourth-order valence-electron chi connectivity index (χ4n) is 2.92. The van der Waals surface area contributed by atoms with E-state index < -0.39 is 0 Å². The zero-order valence-electron chi connectivity index (χ0n) is 13.8. The molecule has 1 aliphatic rings. The molecule has 118 valence electrons. The third kappa shape index (κ3) is 4.45. The molecule has 0 aromatic carbocycles. The van der Waals surface area contributed by atoms with Crippen molar-refractivity contribution < 1.29 is 4.79 Å². The van der Waals surface area contributed by atoms with Crippen LogP contribution in [0.2, 0.25) is 0 Å². The van der Waals surface area contributed by atoms with E-state index in [0.717, 1.165) is 58.4 Å². The summed E-state index contributed by atoms with van der Waals surface area (Å²) in [5.41, 5.74) is 5.48. The van der Waals surface area contributed by atoms with Crippen molar-refractivity contribution in [2.24, 2.45) is 11.1 Å². The summed E-state index contributed by atoms with van der Waals surface area (Å²) >= 11 is 0. The van der Waals surface area contributed by atoms with Crippen molar-refractivity contribution in [2.45, 2.75) is 59.4 Å². The molecule has 4 nitrogen and oxygen atoms in total. The molecule has 1 saturated heterocycles. The number of carbonyl (C=O) groups excluding carboxylic acids is 1. The van der Waals surface area contributed by atoms with Crippen LogP contribution in [-0.2, 0) is 4.79 Å². The van der Waals surface area contributed by atoms with Gasteiger partial charge in [-0.15, -0.1) is 0 Å². The van der Waals surface area contributed by atoms with E-state index in [0.29, 0.717) is 11.9 Å². The summed E-state index contributed by atoms with van der Waals surface area (Å²) in [6.45, 7) is 13.0. The predicted octanol–water partition coefficient (Wildman–Crippen LogP) is 2.08. The summed E-state index contributed by atoms with van der Waals surface area (Å²) in [7, 11) is 0. The minimum absolute atomic E-state index is 0.226. The molecule has 0 aromatic rings. The molecule has 0 saturated carbocycles. The normalized spacial score (nSPS) is 19.8. The Labute approximate surface area is 124 Å². The SMILES string of the molecule is CCC(CCN)N1CCCN(C(=O)C(C)(C)CC)CC1. The molecule has 0 aliphatic carbocycles. The van der Waals surface area contributed by atoms with Crippen molar-refractivity contribution in [1.29, 1.82) is 0 Å². The molecule has 0 radical (unpaired) electrons. The summed E-state index contributed by atoms with van der Waals surface area (Å²) in [6, 6.07) is 0.578. The Morgan fingerprint density at radius 1 is 1.20 bits per heavy atom. The highest BCUT2D eigenvalue weighted by Crippen LogP contribution is 2.24. The van der Waals surface area contributed by atoms with Crippen LogP contribution >= 0.6 is 0 Å². The van der Waals surface area contributed by atoms with Gasteiger partial charge in [0.2, 0.25) is 5.91 Å². The van der Waals surface area contributed by atoms with Crippen LogP contribution in [0.4, 0.5) is 0 Å². The Morgan fingerprint density at radius 3 is 2.45 bits per heavy atom. The molecule has 1 amide bonds. The molecule has 1 fully saturated rings. The summed E-state index contributed by atoms with van der Waals surface area (Å²) < 4.78 is 0. The van der Waals surface area contributed by atoms with Gasteiger partial charge in [-0.05, 0) is 32.2 Å². The highest BCUT2D eigenvalue weighted by Gasteiger charge is 2.31. The van der Waals surface area contributed by atoms with E-state index in [1.165, 1.54) is 0 Å². The van der Waals surface area contributed by atoms with Crippen molar-refractivity contribution in [1.82, 2.24) is 9.80 Å². The second kappa shape index (κ2) is 7.99. The average molecular weight is 283 g/mol. The molecule has 0 aromatic heterocycles. The van der Waals surface area contributed by atoms with Crippen molar-refractivity contribution in [3.8, 4) is 0 Å². The molecule has 2 N–H and O–H groups in total. The van der Waals surface area contributed by atoms with Gasteiger partial charge in [-0.1, -0.05) is 27.7 Å². The Hall–Kier alpha value is -0.610. The van der Waals surface area contributed by atoms with E-state index in [9.17, 15) is 4.79 Å². The van der Waals surface area contributed by atoms with Crippen LogP contribution in [0.5, 0.6) is 0 Å². The lowest BCUT2D eigenvalue weighted by atomic mass is 9.88. The minimum Gasteiger partial charge on any atom is -0.341 e. The van der Waals surface area contributed by atoms with Crippen LogP contribution in [0.1, 0.15) is 53.4 Å². The lowest BCUT2D eigenvalue weighted by Crippen LogP contribution is -2.44. The number of rotatable bonds is 6. The van der Waals surface area contributed by atoms with Crippen LogP contribution in [0.25, 0.3) is 0 Å². The Kier molecular flexibility index (Phi) is 6.96. The number of amides is 1. The average Bonchev–Trinajstić information content (AvgIpc) is 2.69. The van der Waals surface area contributed by atoms with E-state index in [2.05, 4.69) is 37.5 Å². The fourth-order valence-corrected chi connectivity index (χ4v) is 2.92. The van der Waals surface area contributed by atoms with Crippen molar-refractivity contribution in [3.63, 3.8) is 0 Å². The minimum atomic E-state index is -0.226. The molecular formula is C16H33N3O. The Balaban J connectivity index is 2.61. The number of nitrogens with two attached hydrogens (primary N) is 1. The lowest BCUT2D eigenvalue weighted by Gasteiger charge is -2.32. The standard InChI is InChI=1S/C16H33N3O/c1-5-14(8-9-17)18-10-7-11-19(13-12-18)15(20)16(3,4)6-2/h14H,5-13,17H2,1-4H3. The Bertz CT molecular complexity index is 304. The Morgan fingerprint density at radius 2 is 1.90 bits per heavy atom. The first kappa shape index (κ1) is 17.4. The van der Waals surface area contributed by atoms with Crippen molar-refractivity contribution in [3.05, 3.63) is 0 Å². The number of hydrogen-bond donors (Lipinski definition) is 1.